The standard InChI is InChI=1S/C11H13BrN2O3S/c12-7-1-8(3-13-2-7)18(16,17)14-4-9-10(5-14)11(9)6-15/h1-3,9-11,15H,4-6H2/t9-,10+,11?. The molecule has 0 amide bonds. The first-order valence-electron chi connectivity index (χ1n) is 5.75. The molecule has 1 N–H and O–H groups in total. The summed E-state index contributed by atoms with van der Waals surface area (Å²) in [6, 6.07) is 1.57. The predicted octanol–water partition coefficient (Wildman–Crippen LogP) is 0.703. The molecule has 1 aliphatic heterocycles. The van der Waals surface area contributed by atoms with Gasteiger partial charge in [-0.15, -0.1) is 0 Å². The Bertz CT molecular complexity index is 565. The summed E-state index contributed by atoms with van der Waals surface area (Å²) in [5.74, 6) is 0.979. The van der Waals surface area contributed by atoms with Crippen LogP contribution in [0.25, 0.3) is 0 Å². The Morgan fingerprint density at radius 1 is 1.39 bits per heavy atom. The van der Waals surface area contributed by atoms with E-state index in [-0.39, 0.29) is 11.5 Å². The van der Waals surface area contributed by atoms with E-state index in [1.165, 1.54) is 10.5 Å². The van der Waals surface area contributed by atoms with E-state index in [2.05, 4.69) is 20.9 Å². The Kier molecular flexibility index (Phi) is 2.97. The highest BCUT2D eigenvalue weighted by Gasteiger charge is 2.57. The van der Waals surface area contributed by atoms with Gasteiger partial charge in [0.05, 0.1) is 0 Å². The lowest BCUT2D eigenvalue weighted by Gasteiger charge is -2.19. The Morgan fingerprint density at radius 2 is 2.06 bits per heavy atom. The molecule has 5 nitrogen and oxygen atoms in total. The zero-order chi connectivity index (χ0) is 12.9. The van der Waals surface area contributed by atoms with Crippen LogP contribution >= 0.6 is 15.9 Å². The van der Waals surface area contributed by atoms with Gasteiger partial charge in [-0.2, -0.15) is 4.31 Å². The monoisotopic (exact) mass is 332 g/mol. The van der Waals surface area contributed by atoms with Gasteiger partial charge in [-0.1, -0.05) is 0 Å². The molecule has 1 saturated carbocycles. The van der Waals surface area contributed by atoms with Crippen molar-refractivity contribution in [2.24, 2.45) is 17.8 Å². The zero-order valence-corrected chi connectivity index (χ0v) is 11.9. The van der Waals surface area contributed by atoms with E-state index in [0.717, 1.165) is 0 Å². The number of rotatable bonds is 3. The van der Waals surface area contributed by atoms with Gasteiger partial charge in [-0.05, 0) is 39.8 Å². The van der Waals surface area contributed by atoms with Crippen LogP contribution in [-0.2, 0) is 10.0 Å². The molecule has 0 spiro atoms. The van der Waals surface area contributed by atoms with Crippen LogP contribution in [0.15, 0.2) is 27.8 Å². The van der Waals surface area contributed by atoms with Crippen molar-refractivity contribution in [1.82, 2.24) is 9.29 Å². The maximum atomic E-state index is 12.4. The van der Waals surface area contributed by atoms with Crippen LogP contribution in [0.3, 0.4) is 0 Å². The van der Waals surface area contributed by atoms with Crippen molar-refractivity contribution in [3.05, 3.63) is 22.9 Å². The summed E-state index contributed by atoms with van der Waals surface area (Å²) in [5, 5.41) is 9.07. The molecule has 2 fully saturated rings. The molecular weight excluding hydrogens is 320 g/mol. The first-order valence-corrected chi connectivity index (χ1v) is 7.99. The smallest absolute Gasteiger partial charge is 0.244 e. The Labute approximate surface area is 114 Å². The minimum atomic E-state index is -3.44. The van der Waals surface area contributed by atoms with Gasteiger partial charge in [-0.25, -0.2) is 8.42 Å². The summed E-state index contributed by atoms with van der Waals surface area (Å²) in [6.07, 6.45) is 2.93. The van der Waals surface area contributed by atoms with E-state index in [0.29, 0.717) is 35.3 Å². The third-order valence-corrected chi connectivity index (χ3v) is 6.10. The number of hydrogen-bond donors (Lipinski definition) is 1. The van der Waals surface area contributed by atoms with Gasteiger partial charge >= 0.3 is 0 Å². The van der Waals surface area contributed by atoms with Gasteiger partial charge in [0.1, 0.15) is 4.90 Å². The molecule has 18 heavy (non-hydrogen) atoms. The molecule has 1 unspecified atom stereocenters. The second-order valence-electron chi connectivity index (χ2n) is 4.84. The Morgan fingerprint density at radius 3 is 2.61 bits per heavy atom. The molecule has 2 heterocycles. The summed E-state index contributed by atoms with van der Waals surface area (Å²) in [4.78, 5) is 4.11. The van der Waals surface area contributed by atoms with Crippen LogP contribution in [0.1, 0.15) is 0 Å². The van der Waals surface area contributed by atoms with Crippen molar-refractivity contribution >= 4 is 26.0 Å². The second-order valence-corrected chi connectivity index (χ2v) is 7.69. The molecule has 7 heteroatoms. The van der Waals surface area contributed by atoms with Crippen LogP contribution in [0, 0.1) is 17.8 Å². The Hall–Kier alpha value is -0.500. The van der Waals surface area contributed by atoms with Crippen LogP contribution < -0.4 is 0 Å². The normalized spacial score (nSPS) is 31.3. The third-order valence-electron chi connectivity index (χ3n) is 3.87. The summed E-state index contributed by atoms with van der Waals surface area (Å²) in [7, 11) is -3.44. The third kappa shape index (κ3) is 1.89. The number of piperidine rings is 1. The largest absolute Gasteiger partial charge is 0.396 e. The van der Waals surface area contributed by atoms with Crippen LogP contribution in [0.5, 0.6) is 0 Å². The van der Waals surface area contributed by atoms with Crippen molar-refractivity contribution in [2.45, 2.75) is 4.90 Å². The lowest BCUT2D eigenvalue weighted by atomic mass is 10.3. The van der Waals surface area contributed by atoms with Gasteiger partial charge < -0.3 is 5.11 Å². The number of nitrogens with zero attached hydrogens (tertiary/aromatic N) is 2. The quantitative estimate of drug-likeness (QED) is 0.884. The molecular formula is C11H13BrN2O3S. The number of hydrogen-bond acceptors (Lipinski definition) is 4. The maximum Gasteiger partial charge on any atom is 0.244 e. The van der Waals surface area contributed by atoms with E-state index in [9.17, 15) is 8.42 Å². The summed E-state index contributed by atoms with van der Waals surface area (Å²) < 4.78 is 26.9. The number of aromatic nitrogens is 1. The van der Waals surface area contributed by atoms with Gasteiger partial charge in [0.25, 0.3) is 0 Å². The van der Waals surface area contributed by atoms with E-state index in [4.69, 9.17) is 5.11 Å². The minimum absolute atomic E-state index is 0.168. The second kappa shape index (κ2) is 4.26. The number of aliphatic hydroxyl groups excluding tert-OH is 1. The fraction of sp³-hybridized carbons (Fsp3) is 0.545. The molecule has 3 rings (SSSR count). The minimum Gasteiger partial charge on any atom is -0.396 e. The molecule has 1 aliphatic carbocycles. The van der Waals surface area contributed by atoms with Crippen molar-refractivity contribution in [3.8, 4) is 0 Å². The topological polar surface area (TPSA) is 70.5 Å². The molecule has 1 aromatic rings. The number of aliphatic hydroxyl groups is 1. The molecule has 3 atom stereocenters. The SMILES string of the molecule is O=S(=O)(c1cncc(Br)c1)N1C[C@@H]2C(CO)[C@@H]2C1. The fourth-order valence-corrected chi connectivity index (χ4v) is 4.78. The highest BCUT2D eigenvalue weighted by molar-refractivity contribution is 9.10. The fourth-order valence-electron chi connectivity index (χ4n) is 2.76. The molecule has 1 saturated heterocycles. The lowest BCUT2D eigenvalue weighted by Crippen LogP contribution is -2.32. The van der Waals surface area contributed by atoms with Crippen molar-refractivity contribution in [2.75, 3.05) is 19.7 Å². The molecule has 0 aromatic carbocycles. The van der Waals surface area contributed by atoms with E-state index in [1.54, 1.807) is 12.3 Å². The maximum absolute atomic E-state index is 12.4. The number of fused-ring (bicyclic) bond motifs is 1. The van der Waals surface area contributed by atoms with Crippen molar-refractivity contribution in [1.29, 1.82) is 0 Å². The summed E-state index contributed by atoms with van der Waals surface area (Å²) >= 11 is 3.23. The summed E-state index contributed by atoms with van der Waals surface area (Å²) in [6.45, 7) is 1.21. The first-order chi connectivity index (χ1) is 8.54. The number of halogens is 1. The van der Waals surface area contributed by atoms with E-state index < -0.39 is 10.0 Å². The average Bonchev–Trinajstić information content (AvgIpc) is 2.80. The van der Waals surface area contributed by atoms with E-state index in [1.807, 2.05) is 0 Å². The Balaban J connectivity index is 1.81. The van der Waals surface area contributed by atoms with E-state index >= 15 is 0 Å². The van der Waals surface area contributed by atoms with Crippen LogP contribution in [-0.4, -0.2) is 42.5 Å². The molecule has 2 aliphatic rings. The highest BCUT2D eigenvalue weighted by atomic mass is 79.9. The molecule has 0 bridgehead atoms. The lowest BCUT2D eigenvalue weighted by molar-refractivity contribution is 0.247. The molecule has 98 valence electrons. The number of pyridine rings is 1. The molecule has 0 radical (unpaired) electrons. The van der Waals surface area contributed by atoms with Gasteiger partial charge in [-0.3, -0.25) is 4.98 Å². The predicted molar refractivity (Wildman–Crippen MR) is 68.3 cm³/mol. The highest BCUT2D eigenvalue weighted by Crippen LogP contribution is 2.52. The van der Waals surface area contributed by atoms with Crippen molar-refractivity contribution in [3.63, 3.8) is 0 Å². The molecule has 1 aromatic heterocycles. The van der Waals surface area contributed by atoms with Gasteiger partial charge in [0, 0.05) is 36.6 Å². The van der Waals surface area contributed by atoms with Gasteiger partial charge in [0.2, 0.25) is 10.0 Å². The zero-order valence-electron chi connectivity index (χ0n) is 9.53. The van der Waals surface area contributed by atoms with Crippen LogP contribution in [0.4, 0.5) is 0 Å². The van der Waals surface area contributed by atoms with Crippen LogP contribution in [0.2, 0.25) is 0 Å². The van der Waals surface area contributed by atoms with Crippen molar-refractivity contribution < 1.29 is 13.5 Å². The summed E-state index contributed by atoms with van der Waals surface area (Å²) in [5.41, 5.74) is 0. The first kappa shape index (κ1) is 12.5. The van der Waals surface area contributed by atoms with Gasteiger partial charge in [0.15, 0.2) is 0 Å². The average molecular weight is 333 g/mol. The number of sulfonamides is 1.